The summed E-state index contributed by atoms with van der Waals surface area (Å²) in [6.45, 7) is 0.339. The zero-order valence-corrected chi connectivity index (χ0v) is 9.03. The van der Waals surface area contributed by atoms with Crippen LogP contribution in [-0.4, -0.2) is 41.4 Å². The first-order chi connectivity index (χ1) is 7.52. The van der Waals surface area contributed by atoms with Crippen LogP contribution in [0.2, 0.25) is 0 Å². The molecule has 0 amide bonds. The standard InChI is InChI=1S/C11H15F2NO2/c1-14(6-9(16)7-15)5-8-2-3-10(12)11(13)4-8/h2-4,9,15-16H,5-7H2,1H3. The Morgan fingerprint density at radius 1 is 1.31 bits per heavy atom. The summed E-state index contributed by atoms with van der Waals surface area (Å²) >= 11 is 0. The molecule has 0 saturated heterocycles. The molecular weight excluding hydrogens is 216 g/mol. The van der Waals surface area contributed by atoms with Crippen LogP contribution >= 0.6 is 0 Å². The van der Waals surface area contributed by atoms with Gasteiger partial charge in [-0.2, -0.15) is 0 Å². The maximum absolute atomic E-state index is 12.9. The van der Waals surface area contributed by atoms with Crippen LogP contribution in [0.4, 0.5) is 8.78 Å². The average molecular weight is 231 g/mol. The molecule has 3 nitrogen and oxygen atoms in total. The van der Waals surface area contributed by atoms with Crippen LogP contribution in [0.3, 0.4) is 0 Å². The highest BCUT2D eigenvalue weighted by Crippen LogP contribution is 2.10. The molecule has 1 aromatic carbocycles. The summed E-state index contributed by atoms with van der Waals surface area (Å²) in [6, 6.07) is 3.68. The van der Waals surface area contributed by atoms with Crippen LogP contribution < -0.4 is 0 Å². The number of hydrogen-bond donors (Lipinski definition) is 2. The van der Waals surface area contributed by atoms with Crippen molar-refractivity contribution in [3.05, 3.63) is 35.4 Å². The van der Waals surface area contributed by atoms with Crippen molar-refractivity contribution in [3.8, 4) is 0 Å². The first kappa shape index (κ1) is 13.0. The average Bonchev–Trinajstić information content (AvgIpc) is 2.23. The Kier molecular flexibility index (Phi) is 4.79. The number of rotatable bonds is 5. The van der Waals surface area contributed by atoms with Crippen molar-refractivity contribution in [3.63, 3.8) is 0 Å². The molecule has 1 rings (SSSR count). The Morgan fingerprint density at radius 2 is 2.00 bits per heavy atom. The largest absolute Gasteiger partial charge is 0.394 e. The molecule has 1 atom stereocenters. The fourth-order valence-electron chi connectivity index (χ4n) is 1.43. The van der Waals surface area contributed by atoms with Gasteiger partial charge >= 0.3 is 0 Å². The first-order valence-electron chi connectivity index (χ1n) is 4.94. The second-order valence-electron chi connectivity index (χ2n) is 3.78. The van der Waals surface area contributed by atoms with E-state index in [0.29, 0.717) is 12.1 Å². The quantitative estimate of drug-likeness (QED) is 0.786. The van der Waals surface area contributed by atoms with Gasteiger partial charge in [0.25, 0.3) is 0 Å². The monoisotopic (exact) mass is 231 g/mol. The number of nitrogens with zero attached hydrogens (tertiary/aromatic N) is 1. The van der Waals surface area contributed by atoms with Crippen molar-refractivity contribution in [2.45, 2.75) is 12.6 Å². The van der Waals surface area contributed by atoms with Crippen molar-refractivity contribution < 1.29 is 19.0 Å². The molecule has 2 N–H and O–H groups in total. The molecule has 0 heterocycles. The van der Waals surface area contributed by atoms with E-state index >= 15 is 0 Å². The Balaban J connectivity index is 2.56. The summed E-state index contributed by atoms with van der Waals surface area (Å²) in [6.07, 6.45) is -0.824. The van der Waals surface area contributed by atoms with E-state index in [2.05, 4.69) is 0 Å². The number of aliphatic hydroxyl groups is 2. The van der Waals surface area contributed by atoms with Crippen LogP contribution in [0.5, 0.6) is 0 Å². The van der Waals surface area contributed by atoms with E-state index in [1.165, 1.54) is 6.07 Å². The van der Waals surface area contributed by atoms with Crippen molar-refractivity contribution in [2.24, 2.45) is 0 Å². The maximum Gasteiger partial charge on any atom is 0.159 e. The summed E-state index contributed by atoms with van der Waals surface area (Å²) in [5.41, 5.74) is 0.617. The summed E-state index contributed by atoms with van der Waals surface area (Å²) < 4.78 is 25.5. The fourth-order valence-corrected chi connectivity index (χ4v) is 1.43. The van der Waals surface area contributed by atoms with E-state index in [1.54, 1.807) is 11.9 Å². The molecule has 0 aliphatic heterocycles. The summed E-state index contributed by atoms with van der Waals surface area (Å²) in [5, 5.41) is 17.8. The van der Waals surface area contributed by atoms with E-state index < -0.39 is 17.7 Å². The predicted molar refractivity (Wildman–Crippen MR) is 55.8 cm³/mol. The van der Waals surface area contributed by atoms with Gasteiger partial charge in [0.05, 0.1) is 12.7 Å². The Bertz CT molecular complexity index is 347. The summed E-state index contributed by atoms with van der Waals surface area (Å²) in [7, 11) is 1.72. The molecule has 16 heavy (non-hydrogen) atoms. The van der Waals surface area contributed by atoms with Gasteiger partial charge < -0.3 is 10.2 Å². The fraction of sp³-hybridized carbons (Fsp3) is 0.455. The summed E-state index contributed by atoms with van der Waals surface area (Å²) in [5.74, 6) is -1.75. The maximum atomic E-state index is 12.9. The van der Waals surface area contributed by atoms with Crippen molar-refractivity contribution >= 4 is 0 Å². The molecule has 1 aromatic rings. The van der Waals surface area contributed by atoms with Crippen LogP contribution in [-0.2, 0) is 6.54 Å². The van der Waals surface area contributed by atoms with E-state index in [4.69, 9.17) is 5.11 Å². The van der Waals surface area contributed by atoms with Gasteiger partial charge in [0, 0.05) is 13.1 Å². The lowest BCUT2D eigenvalue weighted by Gasteiger charge is -2.19. The highest BCUT2D eigenvalue weighted by Gasteiger charge is 2.08. The van der Waals surface area contributed by atoms with Gasteiger partial charge in [0.2, 0.25) is 0 Å². The van der Waals surface area contributed by atoms with Crippen LogP contribution in [0.25, 0.3) is 0 Å². The van der Waals surface area contributed by atoms with E-state index in [1.807, 2.05) is 0 Å². The smallest absolute Gasteiger partial charge is 0.159 e. The second-order valence-corrected chi connectivity index (χ2v) is 3.78. The third kappa shape index (κ3) is 3.84. The van der Waals surface area contributed by atoms with Crippen molar-refractivity contribution in [1.82, 2.24) is 4.90 Å². The highest BCUT2D eigenvalue weighted by atomic mass is 19.2. The molecule has 90 valence electrons. The van der Waals surface area contributed by atoms with Crippen LogP contribution in [0.15, 0.2) is 18.2 Å². The van der Waals surface area contributed by atoms with E-state index in [9.17, 15) is 13.9 Å². The van der Waals surface area contributed by atoms with Gasteiger partial charge in [-0.15, -0.1) is 0 Å². The predicted octanol–water partition coefficient (Wildman–Crippen LogP) is 0.750. The van der Waals surface area contributed by atoms with Crippen LogP contribution in [0, 0.1) is 11.6 Å². The van der Waals surface area contributed by atoms with Gasteiger partial charge in [-0.1, -0.05) is 6.07 Å². The molecule has 5 heteroatoms. The van der Waals surface area contributed by atoms with Gasteiger partial charge in [-0.05, 0) is 24.7 Å². The number of benzene rings is 1. The zero-order chi connectivity index (χ0) is 12.1. The summed E-state index contributed by atoms with van der Waals surface area (Å²) in [4.78, 5) is 1.72. The number of halogens is 2. The molecule has 1 unspecified atom stereocenters. The third-order valence-corrected chi connectivity index (χ3v) is 2.17. The molecule has 0 aliphatic rings. The molecule has 0 bridgehead atoms. The molecule has 0 aromatic heterocycles. The Hall–Kier alpha value is -1.04. The van der Waals surface area contributed by atoms with E-state index in [-0.39, 0.29) is 13.2 Å². The first-order valence-corrected chi connectivity index (χ1v) is 4.94. The highest BCUT2D eigenvalue weighted by molar-refractivity contribution is 5.17. The van der Waals surface area contributed by atoms with E-state index in [0.717, 1.165) is 12.1 Å². The van der Waals surface area contributed by atoms with Crippen molar-refractivity contribution in [1.29, 1.82) is 0 Å². The molecule has 0 fully saturated rings. The normalized spacial score (nSPS) is 13.1. The number of likely N-dealkylation sites (N-methyl/N-ethyl adjacent to an activating group) is 1. The number of aliphatic hydroxyl groups excluding tert-OH is 2. The van der Waals surface area contributed by atoms with Gasteiger partial charge in [0.15, 0.2) is 11.6 Å². The van der Waals surface area contributed by atoms with Gasteiger partial charge in [0.1, 0.15) is 0 Å². The Labute approximate surface area is 92.9 Å². The lowest BCUT2D eigenvalue weighted by molar-refractivity contribution is 0.0648. The molecule has 0 radical (unpaired) electrons. The minimum Gasteiger partial charge on any atom is -0.394 e. The minimum atomic E-state index is -0.881. The lowest BCUT2D eigenvalue weighted by Crippen LogP contribution is -2.31. The lowest BCUT2D eigenvalue weighted by atomic mass is 10.2. The van der Waals surface area contributed by atoms with Crippen LogP contribution in [0.1, 0.15) is 5.56 Å². The molecular formula is C11H15F2NO2. The third-order valence-electron chi connectivity index (χ3n) is 2.17. The second kappa shape index (κ2) is 5.89. The molecule has 0 spiro atoms. The van der Waals surface area contributed by atoms with Crippen molar-refractivity contribution in [2.75, 3.05) is 20.2 Å². The topological polar surface area (TPSA) is 43.7 Å². The molecule has 0 saturated carbocycles. The Morgan fingerprint density at radius 3 is 2.56 bits per heavy atom. The SMILES string of the molecule is CN(Cc1ccc(F)c(F)c1)CC(O)CO. The van der Waals surface area contributed by atoms with Gasteiger partial charge in [-0.3, -0.25) is 4.90 Å². The molecule has 0 aliphatic carbocycles. The minimum absolute atomic E-state index is 0.273. The van der Waals surface area contributed by atoms with Gasteiger partial charge in [-0.25, -0.2) is 8.78 Å². The zero-order valence-electron chi connectivity index (χ0n) is 9.03. The number of hydrogen-bond acceptors (Lipinski definition) is 3.